The van der Waals surface area contributed by atoms with Gasteiger partial charge in [0.2, 0.25) is 29.5 Å². The fourth-order valence-corrected chi connectivity index (χ4v) is 6.54. The van der Waals surface area contributed by atoms with Crippen molar-refractivity contribution in [2.24, 2.45) is 5.73 Å². The van der Waals surface area contributed by atoms with Crippen LogP contribution in [0.1, 0.15) is 164 Å². The van der Waals surface area contributed by atoms with E-state index in [1.54, 1.807) is 0 Å². The highest BCUT2D eigenvalue weighted by Gasteiger charge is 2.39. The van der Waals surface area contributed by atoms with Crippen molar-refractivity contribution in [1.29, 1.82) is 0 Å². The van der Waals surface area contributed by atoms with E-state index in [0.717, 1.165) is 45.1 Å². The minimum Gasteiger partial charge on any atom is -1.00 e. The van der Waals surface area contributed by atoms with Gasteiger partial charge in [0.05, 0.1) is 32.1 Å². The molecule has 15 heteroatoms. The SMILES string of the molecule is C.C.CCCCCCCCCC(=O)CC(=O)N[C@H]1CCNC1=O.CCCCCCCCCC1(CC(=O)N[C@H]2CCNC2=O)OCCO1.N[C@H]1CCNC1=O.[Cl-]. The average Bonchev–Trinajstić information content (AvgIpc) is 3.92. The van der Waals surface area contributed by atoms with Gasteiger partial charge in [-0.25, -0.2) is 0 Å². The zero-order valence-corrected chi connectivity index (χ0v) is 33.1. The molecule has 7 N–H and O–H groups in total. The Balaban J connectivity index is 0. The van der Waals surface area contributed by atoms with Crippen LogP contribution in [-0.4, -0.2) is 92.1 Å². The van der Waals surface area contributed by atoms with Crippen LogP contribution in [0.25, 0.3) is 0 Å². The first kappa shape index (κ1) is 54.3. The highest BCUT2D eigenvalue weighted by molar-refractivity contribution is 6.00. The maximum Gasteiger partial charge on any atom is 0.242 e. The molecule has 0 aromatic heterocycles. The third-order valence-electron chi connectivity index (χ3n) is 9.68. The summed E-state index contributed by atoms with van der Waals surface area (Å²) in [6.45, 7) is 7.45. The number of hydrogen-bond donors (Lipinski definition) is 6. The zero-order chi connectivity index (χ0) is 38.0. The molecule has 4 aliphatic heterocycles. The minimum atomic E-state index is -0.789. The molecule has 0 aromatic rings. The van der Waals surface area contributed by atoms with Crippen molar-refractivity contribution in [2.45, 2.75) is 187 Å². The van der Waals surface area contributed by atoms with E-state index in [2.05, 4.69) is 40.4 Å². The van der Waals surface area contributed by atoms with Gasteiger partial charge in [0.1, 0.15) is 17.9 Å². The molecule has 0 unspecified atom stereocenters. The number of halogens is 1. The van der Waals surface area contributed by atoms with Crippen LogP contribution < -0.4 is 44.7 Å². The summed E-state index contributed by atoms with van der Waals surface area (Å²) in [7, 11) is 0. The van der Waals surface area contributed by atoms with Gasteiger partial charge in [0.15, 0.2) is 5.79 Å². The van der Waals surface area contributed by atoms with Gasteiger partial charge in [-0.05, 0) is 32.1 Å². The molecule has 3 atom stereocenters. The van der Waals surface area contributed by atoms with Crippen molar-refractivity contribution < 1.29 is 50.6 Å². The van der Waals surface area contributed by atoms with Gasteiger partial charge < -0.3 is 54.2 Å². The largest absolute Gasteiger partial charge is 1.00 e. The lowest BCUT2D eigenvalue weighted by molar-refractivity contribution is -0.174. The van der Waals surface area contributed by atoms with Crippen molar-refractivity contribution in [3.8, 4) is 0 Å². The number of unbranched alkanes of at least 4 members (excludes halogenated alkanes) is 12. The van der Waals surface area contributed by atoms with Crippen LogP contribution in [0.3, 0.4) is 0 Å². The smallest absolute Gasteiger partial charge is 0.242 e. The van der Waals surface area contributed by atoms with Crippen molar-refractivity contribution in [3.63, 3.8) is 0 Å². The molecule has 0 bridgehead atoms. The number of ketones is 1. The van der Waals surface area contributed by atoms with Crippen molar-refractivity contribution >= 4 is 35.3 Å². The van der Waals surface area contributed by atoms with Crippen LogP contribution >= 0.6 is 0 Å². The maximum atomic E-state index is 12.3. The second-order valence-corrected chi connectivity index (χ2v) is 14.3. The molecule has 0 aromatic carbocycles. The lowest BCUT2D eigenvalue weighted by atomic mass is 10.0. The Bertz CT molecular complexity index is 1110. The Morgan fingerprint density at radius 3 is 1.51 bits per heavy atom. The van der Waals surface area contributed by atoms with Gasteiger partial charge in [-0.3, -0.25) is 28.8 Å². The van der Waals surface area contributed by atoms with E-state index in [4.69, 9.17) is 15.2 Å². The summed E-state index contributed by atoms with van der Waals surface area (Å²) in [6.07, 6.45) is 20.0. The standard InChI is InChI=1S/C18H32N2O4.C16H28N2O3.C4H8N2O.2CH4.ClH/c1-2-3-4-5-6-7-8-10-18(23-12-13-24-18)14-16(21)20-15-9-11-19-17(15)22;1-2-3-4-5-6-7-8-9-13(19)12-15(20)18-14-10-11-17-16(14)21;5-3-1-2-6-4(3)7;;;/h15H,2-14H2,1H3,(H,19,22)(H,20,21);14H,2-12H2,1H3,(H,17,21)(H,18,20);3H,1-2,5H2,(H,6,7);2*1H4;1H/p-1/t15-;14-;3-;;;/m000.../s1. The highest BCUT2D eigenvalue weighted by Crippen LogP contribution is 2.30. The monoisotopic (exact) mass is 804 g/mol. The first-order valence-corrected chi connectivity index (χ1v) is 20.1. The molecule has 4 saturated heterocycles. The third kappa shape index (κ3) is 23.8. The van der Waals surface area contributed by atoms with Crippen LogP contribution in [0.2, 0.25) is 0 Å². The topological polar surface area (TPSA) is 207 Å². The number of ether oxygens (including phenoxy) is 2. The molecular formula is C40H76ClN6O8-. The Morgan fingerprint density at radius 2 is 1.09 bits per heavy atom. The Kier molecular flexibility index (Phi) is 31.9. The Morgan fingerprint density at radius 1 is 0.655 bits per heavy atom. The molecule has 0 spiro atoms. The van der Waals surface area contributed by atoms with Crippen molar-refractivity contribution in [2.75, 3.05) is 32.8 Å². The molecule has 0 radical (unpaired) electrons. The van der Waals surface area contributed by atoms with Crippen LogP contribution in [-0.2, 0) is 38.2 Å². The summed E-state index contributed by atoms with van der Waals surface area (Å²) in [4.78, 5) is 68.8. The summed E-state index contributed by atoms with van der Waals surface area (Å²) in [5.74, 6) is -1.57. The number of carbonyl (C=O) groups excluding carboxylic acids is 6. The van der Waals surface area contributed by atoms with Gasteiger partial charge in [-0.1, -0.05) is 106 Å². The van der Waals surface area contributed by atoms with E-state index in [1.165, 1.54) is 64.2 Å². The first-order chi connectivity index (χ1) is 25.1. The molecule has 4 aliphatic rings. The second kappa shape index (κ2) is 32.3. The Labute approximate surface area is 337 Å². The molecule has 55 heavy (non-hydrogen) atoms. The summed E-state index contributed by atoms with van der Waals surface area (Å²) >= 11 is 0. The van der Waals surface area contributed by atoms with Crippen molar-refractivity contribution in [3.05, 3.63) is 0 Å². The minimum absolute atomic E-state index is 0. The van der Waals surface area contributed by atoms with E-state index in [9.17, 15) is 28.8 Å². The zero-order valence-electron chi connectivity index (χ0n) is 32.3. The van der Waals surface area contributed by atoms with E-state index in [-0.39, 0.29) is 81.5 Å². The number of nitrogens with two attached hydrogens (primary N) is 1. The molecule has 5 amide bonds. The van der Waals surface area contributed by atoms with Gasteiger partial charge >= 0.3 is 0 Å². The summed E-state index contributed by atoms with van der Waals surface area (Å²) in [5.41, 5.74) is 5.27. The normalized spacial score (nSPS) is 20.4. The van der Waals surface area contributed by atoms with Gasteiger partial charge in [-0.2, -0.15) is 0 Å². The Hall–Kier alpha value is -2.81. The van der Waals surface area contributed by atoms with Crippen LogP contribution in [0.15, 0.2) is 0 Å². The summed E-state index contributed by atoms with van der Waals surface area (Å²) in [6, 6.07) is -1.10. The number of nitrogens with one attached hydrogen (secondary N) is 5. The third-order valence-corrected chi connectivity index (χ3v) is 9.68. The average molecular weight is 805 g/mol. The number of carbonyl (C=O) groups is 6. The summed E-state index contributed by atoms with van der Waals surface area (Å²) < 4.78 is 11.5. The number of hydrogen-bond acceptors (Lipinski definition) is 9. The molecule has 322 valence electrons. The predicted molar refractivity (Wildman–Crippen MR) is 212 cm³/mol. The van der Waals surface area contributed by atoms with Crippen LogP contribution in [0.4, 0.5) is 0 Å². The first-order valence-electron chi connectivity index (χ1n) is 20.1. The second-order valence-electron chi connectivity index (χ2n) is 14.3. The fraction of sp³-hybridized carbons (Fsp3) is 0.850. The lowest BCUT2D eigenvalue weighted by Crippen LogP contribution is -3.00. The van der Waals surface area contributed by atoms with E-state index >= 15 is 0 Å². The quantitative estimate of drug-likeness (QED) is 0.0692. The van der Waals surface area contributed by atoms with Crippen LogP contribution in [0.5, 0.6) is 0 Å². The highest BCUT2D eigenvalue weighted by atomic mass is 35.5. The summed E-state index contributed by atoms with van der Waals surface area (Å²) in [5, 5.41) is 13.4. The maximum absolute atomic E-state index is 12.3. The predicted octanol–water partition coefficient (Wildman–Crippen LogP) is 1.47. The number of amides is 5. The van der Waals surface area contributed by atoms with Crippen molar-refractivity contribution in [1.82, 2.24) is 26.6 Å². The molecule has 14 nitrogen and oxygen atoms in total. The molecule has 4 fully saturated rings. The molecule has 0 aliphatic carbocycles. The van der Waals surface area contributed by atoms with E-state index < -0.39 is 17.9 Å². The van der Waals surface area contributed by atoms with Gasteiger partial charge in [0.25, 0.3) is 0 Å². The fourth-order valence-electron chi connectivity index (χ4n) is 6.54. The van der Waals surface area contributed by atoms with Gasteiger partial charge in [0, 0.05) is 32.5 Å². The van der Waals surface area contributed by atoms with E-state index in [0.29, 0.717) is 45.6 Å². The van der Waals surface area contributed by atoms with Gasteiger partial charge in [-0.15, -0.1) is 0 Å². The molecule has 0 saturated carbocycles. The molecular weight excluding hydrogens is 728 g/mol. The molecule has 4 rings (SSSR count). The van der Waals surface area contributed by atoms with Crippen LogP contribution in [0, 0.1) is 0 Å². The lowest BCUT2D eigenvalue weighted by Gasteiger charge is -2.27. The van der Waals surface area contributed by atoms with E-state index in [1.807, 2.05) is 0 Å². The number of Topliss-reactive ketones (excluding diaryl/α,β-unsaturated/α-hetero) is 1. The molecule has 4 heterocycles. The number of rotatable bonds is 22.